The number of morpholine rings is 1. The molecule has 2 unspecified atom stereocenters. The Morgan fingerprint density at radius 2 is 2.00 bits per heavy atom. The van der Waals surface area contributed by atoms with Crippen LogP contribution in [0, 0.1) is 0 Å². The molecule has 174 valence electrons. The van der Waals surface area contributed by atoms with Gasteiger partial charge in [-0.2, -0.15) is 0 Å². The van der Waals surface area contributed by atoms with Gasteiger partial charge >= 0.3 is 5.97 Å². The van der Waals surface area contributed by atoms with Crippen molar-refractivity contribution < 1.29 is 19.0 Å². The van der Waals surface area contributed by atoms with Crippen molar-refractivity contribution in [3.05, 3.63) is 40.9 Å². The largest absolute Gasteiger partial charge is 0.482 e. The first-order chi connectivity index (χ1) is 15.6. The quantitative estimate of drug-likeness (QED) is 0.556. The number of hydrogen-bond donors (Lipinski definition) is 0. The van der Waals surface area contributed by atoms with Gasteiger partial charge in [-0.1, -0.05) is 19.1 Å². The van der Waals surface area contributed by atoms with Gasteiger partial charge in [-0.15, -0.1) is 11.3 Å². The lowest BCUT2D eigenvalue weighted by Crippen LogP contribution is -2.40. The van der Waals surface area contributed by atoms with Crippen LogP contribution in [-0.4, -0.2) is 68.9 Å². The summed E-state index contributed by atoms with van der Waals surface area (Å²) >= 11 is 1.75. The third-order valence-electron chi connectivity index (χ3n) is 6.18. The Morgan fingerprint density at radius 3 is 2.75 bits per heavy atom. The number of ether oxygens (including phenoxy) is 3. The summed E-state index contributed by atoms with van der Waals surface area (Å²) in [5.41, 5.74) is 2.32. The van der Waals surface area contributed by atoms with Gasteiger partial charge in [0.05, 0.1) is 19.4 Å². The summed E-state index contributed by atoms with van der Waals surface area (Å²) in [6, 6.07) is 7.96. The molecule has 2 atom stereocenters. The molecule has 0 bridgehead atoms. The molecule has 8 heteroatoms. The molecule has 2 aromatic rings. The summed E-state index contributed by atoms with van der Waals surface area (Å²) in [6.07, 6.45) is 3.90. The molecule has 0 radical (unpaired) electrons. The van der Waals surface area contributed by atoms with Crippen LogP contribution in [0.25, 0.3) is 0 Å². The van der Waals surface area contributed by atoms with Crippen LogP contribution in [-0.2, 0) is 14.3 Å². The molecule has 0 amide bonds. The fraction of sp³-hybridized carbons (Fsp3) is 0.583. The first-order valence-electron chi connectivity index (χ1n) is 11.5. The van der Waals surface area contributed by atoms with Gasteiger partial charge in [-0.05, 0) is 42.9 Å². The monoisotopic (exact) mass is 459 g/mol. The number of esters is 1. The van der Waals surface area contributed by atoms with Crippen molar-refractivity contribution in [3.8, 4) is 5.75 Å². The second kappa shape index (κ2) is 11.1. The van der Waals surface area contributed by atoms with Crippen LogP contribution < -0.4 is 9.64 Å². The molecule has 0 N–H and O–H groups in total. The molecule has 2 fully saturated rings. The highest BCUT2D eigenvalue weighted by atomic mass is 32.1. The number of methoxy groups -OCH3 is 1. The predicted octanol–water partition coefficient (Wildman–Crippen LogP) is 3.86. The first kappa shape index (κ1) is 23.0. The van der Waals surface area contributed by atoms with Crippen LogP contribution in [0.5, 0.6) is 5.75 Å². The average molecular weight is 460 g/mol. The van der Waals surface area contributed by atoms with E-state index in [0.29, 0.717) is 11.7 Å². The highest BCUT2D eigenvalue weighted by Crippen LogP contribution is 2.30. The molecule has 1 aromatic heterocycles. The number of anilines is 1. The maximum atomic E-state index is 11.2. The molecular weight excluding hydrogens is 426 g/mol. The van der Waals surface area contributed by atoms with Gasteiger partial charge in [-0.25, -0.2) is 9.78 Å². The number of thiazole rings is 1. The second-order valence-electron chi connectivity index (χ2n) is 8.56. The number of carbonyl (C=O) groups excluding carboxylic acids is 1. The van der Waals surface area contributed by atoms with Crippen LogP contribution >= 0.6 is 11.3 Å². The number of aromatic nitrogens is 1. The molecule has 4 rings (SSSR count). The van der Waals surface area contributed by atoms with Crippen molar-refractivity contribution in [2.45, 2.75) is 38.2 Å². The zero-order chi connectivity index (χ0) is 22.3. The standard InChI is InChI=1S/C24H33N3O4S/c1-18(19-6-8-20(9-7-19)31-16-23(28)29-2)14-26-12-13-30-22(15-26)21-17-32-24(25-21)27-10-4-3-5-11-27/h6-9,17-18,22H,3-5,10-16H2,1-2H3. The molecule has 2 aliphatic heterocycles. The molecule has 2 aliphatic rings. The lowest BCUT2D eigenvalue weighted by Gasteiger charge is -2.34. The van der Waals surface area contributed by atoms with Gasteiger partial charge in [-0.3, -0.25) is 4.90 Å². The third-order valence-corrected chi connectivity index (χ3v) is 7.10. The third kappa shape index (κ3) is 5.99. The number of nitrogens with zero attached hydrogens (tertiary/aromatic N) is 3. The SMILES string of the molecule is COC(=O)COc1ccc(C(C)CN2CCOC(c3csc(N4CCCCC4)n3)C2)cc1. The van der Waals surface area contributed by atoms with Gasteiger partial charge < -0.3 is 19.1 Å². The molecular formula is C24H33N3O4S. The summed E-state index contributed by atoms with van der Waals surface area (Å²) < 4.78 is 16.1. The summed E-state index contributed by atoms with van der Waals surface area (Å²) in [4.78, 5) is 21.0. The average Bonchev–Trinajstić information content (AvgIpc) is 3.34. The number of piperidine rings is 1. The lowest BCUT2D eigenvalue weighted by atomic mass is 10.00. The zero-order valence-electron chi connectivity index (χ0n) is 19.0. The van der Waals surface area contributed by atoms with Crippen molar-refractivity contribution >= 4 is 22.4 Å². The van der Waals surface area contributed by atoms with Crippen molar-refractivity contribution in [3.63, 3.8) is 0 Å². The first-order valence-corrected chi connectivity index (χ1v) is 12.3. The Bertz CT molecular complexity index is 866. The molecule has 1 aromatic carbocycles. The van der Waals surface area contributed by atoms with Crippen LogP contribution in [0.4, 0.5) is 5.13 Å². The van der Waals surface area contributed by atoms with Crippen LogP contribution in [0.3, 0.4) is 0 Å². The molecule has 0 aliphatic carbocycles. The smallest absolute Gasteiger partial charge is 0.343 e. The van der Waals surface area contributed by atoms with Crippen molar-refractivity contribution in [2.24, 2.45) is 0 Å². The Labute approximate surface area is 194 Å². The highest BCUT2D eigenvalue weighted by molar-refractivity contribution is 7.13. The van der Waals surface area contributed by atoms with E-state index in [4.69, 9.17) is 14.5 Å². The topological polar surface area (TPSA) is 64.1 Å². The number of carbonyl (C=O) groups is 1. The van der Waals surface area contributed by atoms with Gasteiger partial charge in [0.2, 0.25) is 0 Å². The Morgan fingerprint density at radius 1 is 1.22 bits per heavy atom. The van der Waals surface area contributed by atoms with E-state index in [1.807, 2.05) is 12.1 Å². The summed E-state index contributed by atoms with van der Waals surface area (Å²) in [6.45, 7) is 7.91. The highest BCUT2D eigenvalue weighted by Gasteiger charge is 2.26. The maximum Gasteiger partial charge on any atom is 0.343 e. The van der Waals surface area contributed by atoms with E-state index in [0.717, 1.165) is 50.2 Å². The van der Waals surface area contributed by atoms with E-state index >= 15 is 0 Å². The molecule has 0 spiro atoms. The summed E-state index contributed by atoms with van der Waals surface area (Å²) in [5, 5.41) is 3.32. The zero-order valence-corrected chi connectivity index (χ0v) is 19.8. The van der Waals surface area contributed by atoms with E-state index in [2.05, 4.69) is 39.0 Å². The second-order valence-corrected chi connectivity index (χ2v) is 9.39. The minimum Gasteiger partial charge on any atom is -0.482 e. The van der Waals surface area contributed by atoms with Gasteiger partial charge in [0, 0.05) is 38.1 Å². The summed E-state index contributed by atoms with van der Waals surface area (Å²) in [7, 11) is 1.36. The molecule has 0 saturated carbocycles. The fourth-order valence-electron chi connectivity index (χ4n) is 4.29. The Kier molecular flexibility index (Phi) is 8.00. The van der Waals surface area contributed by atoms with Crippen LogP contribution in [0.2, 0.25) is 0 Å². The normalized spacial score (nSPS) is 20.7. The maximum absolute atomic E-state index is 11.2. The Balaban J connectivity index is 1.30. The molecule has 7 nitrogen and oxygen atoms in total. The van der Waals surface area contributed by atoms with E-state index in [9.17, 15) is 4.79 Å². The van der Waals surface area contributed by atoms with E-state index in [-0.39, 0.29) is 18.7 Å². The van der Waals surface area contributed by atoms with Crippen LogP contribution in [0.15, 0.2) is 29.6 Å². The fourth-order valence-corrected chi connectivity index (χ4v) is 5.21. The number of benzene rings is 1. The van der Waals surface area contributed by atoms with Gasteiger partial charge in [0.25, 0.3) is 0 Å². The minimum atomic E-state index is -0.382. The molecule has 32 heavy (non-hydrogen) atoms. The van der Waals surface area contributed by atoms with Gasteiger partial charge in [0.15, 0.2) is 11.7 Å². The number of rotatable bonds is 8. The van der Waals surface area contributed by atoms with E-state index in [1.165, 1.54) is 31.9 Å². The van der Waals surface area contributed by atoms with Crippen LogP contribution in [0.1, 0.15) is 49.5 Å². The van der Waals surface area contributed by atoms with Gasteiger partial charge in [0.1, 0.15) is 11.9 Å². The summed E-state index contributed by atoms with van der Waals surface area (Å²) in [5.74, 6) is 0.668. The molecule has 2 saturated heterocycles. The predicted molar refractivity (Wildman–Crippen MR) is 126 cm³/mol. The van der Waals surface area contributed by atoms with E-state index in [1.54, 1.807) is 11.3 Å². The Hall–Kier alpha value is -2.16. The van der Waals surface area contributed by atoms with Crippen molar-refractivity contribution in [2.75, 3.05) is 57.9 Å². The van der Waals surface area contributed by atoms with Crippen molar-refractivity contribution in [1.29, 1.82) is 0 Å². The van der Waals surface area contributed by atoms with Crippen molar-refractivity contribution in [1.82, 2.24) is 9.88 Å². The molecule has 3 heterocycles. The minimum absolute atomic E-state index is 0.0415. The number of hydrogen-bond acceptors (Lipinski definition) is 8. The lowest BCUT2D eigenvalue weighted by molar-refractivity contribution is -0.142. The van der Waals surface area contributed by atoms with E-state index < -0.39 is 0 Å².